The predicted octanol–water partition coefficient (Wildman–Crippen LogP) is 3.95. The Hall–Kier alpha value is -0.310. The van der Waals surface area contributed by atoms with E-state index < -0.39 is 0 Å². The Morgan fingerprint density at radius 1 is 1.21 bits per heavy atom. The van der Waals surface area contributed by atoms with Crippen LogP contribution in [0.3, 0.4) is 0 Å². The number of aliphatic imine (C=N–C) groups is 1. The zero-order valence-corrected chi connectivity index (χ0v) is 15.1. The zero-order valence-electron chi connectivity index (χ0n) is 10.4. The molecule has 0 atom stereocenters. The smallest absolute Gasteiger partial charge is 0.191 e. The fourth-order valence-electron chi connectivity index (χ4n) is 1.42. The lowest BCUT2D eigenvalue weighted by atomic mass is 10.4. The molecule has 104 valence electrons. The highest BCUT2D eigenvalue weighted by molar-refractivity contribution is 14.0. The molecular weight excluding hydrogens is 413 g/mol. The number of rotatable bonds is 4. The van der Waals surface area contributed by atoms with E-state index in [1.54, 1.807) is 29.7 Å². The number of hydrogen-bond donors (Lipinski definition) is 2. The molecule has 3 nitrogen and oxygen atoms in total. The molecule has 0 radical (unpaired) electrons. The molecule has 2 aromatic heterocycles. The molecule has 0 saturated carbocycles. The number of halogens is 2. The second kappa shape index (κ2) is 8.78. The molecule has 2 heterocycles. The summed E-state index contributed by atoms with van der Waals surface area (Å²) in [7, 11) is 1.77. The van der Waals surface area contributed by atoms with E-state index in [2.05, 4.69) is 27.1 Å². The monoisotopic (exact) mass is 427 g/mol. The van der Waals surface area contributed by atoms with Crippen molar-refractivity contribution in [1.29, 1.82) is 0 Å². The van der Waals surface area contributed by atoms with Crippen molar-refractivity contribution in [3.8, 4) is 0 Å². The van der Waals surface area contributed by atoms with Gasteiger partial charge in [-0.25, -0.2) is 0 Å². The Morgan fingerprint density at radius 3 is 2.47 bits per heavy atom. The van der Waals surface area contributed by atoms with Gasteiger partial charge in [0.15, 0.2) is 5.96 Å². The van der Waals surface area contributed by atoms with Gasteiger partial charge in [0.05, 0.1) is 17.4 Å². The Kier molecular flexibility index (Phi) is 7.74. The molecule has 0 spiro atoms. The van der Waals surface area contributed by atoms with Crippen molar-refractivity contribution in [2.75, 3.05) is 7.05 Å². The number of nitrogens with one attached hydrogen (secondary N) is 2. The Morgan fingerprint density at radius 2 is 1.95 bits per heavy atom. The van der Waals surface area contributed by atoms with Gasteiger partial charge >= 0.3 is 0 Å². The van der Waals surface area contributed by atoms with Crippen molar-refractivity contribution >= 4 is 64.2 Å². The molecule has 0 aliphatic heterocycles. The summed E-state index contributed by atoms with van der Waals surface area (Å²) >= 11 is 9.20. The number of thiophene rings is 2. The van der Waals surface area contributed by atoms with E-state index in [4.69, 9.17) is 11.6 Å². The van der Waals surface area contributed by atoms with E-state index >= 15 is 0 Å². The minimum Gasteiger partial charge on any atom is -0.352 e. The third-order valence-electron chi connectivity index (χ3n) is 2.29. The van der Waals surface area contributed by atoms with Gasteiger partial charge < -0.3 is 10.6 Å². The van der Waals surface area contributed by atoms with Gasteiger partial charge in [-0.1, -0.05) is 17.7 Å². The quantitative estimate of drug-likeness (QED) is 0.440. The minimum atomic E-state index is 0. The van der Waals surface area contributed by atoms with Gasteiger partial charge in [-0.05, 0) is 23.6 Å². The summed E-state index contributed by atoms with van der Waals surface area (Å²) in [4.78, 5) is 6.66. The standard InChI is InChI=1S/C12H14ClN3S2.HI/c1-14-12(15-7-9-3-2-6-17-9)16-8-10-4-5-11(13)18-10;/h2-6H,7-8H2,1H3,(H2,14,15,16);1H. The lowest BCUT2D eigenvalue weighted by molar-refractivity contribution is 0.823. The van der Waals surface area contributed by atoms with Crippen molar-refractivity contribution in [1.82, 2.24) is 10.6 Å². The highest BCUT2D eigenvalue weighted by Crippen LogP contribution is 2.20. The molecule has 19 heavy (non-hydrogen) atoms. The zero-order chi connectivity index (χ0) is 12.8. The van der Waals surface area contributed by atoms with Crippen LogP contribution in [0.1, 0.15) is 9.75 Å². The van der Waals surface area contributed by atoms with Gasteiger partial charge in [0.2, 0.25) is 0 Å². The van der Waals surface area contributed by atoms with Crippen LogP contribution in [0.4, 0.5) is 0 Å². The van der Waals surface area contributed by atoms with Crippen LogP contribution in [0.25, 0.3) is 0 Å². The normalized spacial score (nSPS) is 10.9. The second-order valence-electron chi connectivity index (χ2n) is 3.56. The first-order valence-electron chi connectivity index (χ1n) is 5.49. The number of hydrogen-bond acceptors (Lipinski definition) is 3. The molecule has 0 fully saturated rings. The van der Waals surface area contributed by atoms with Gasteiger partial charge in [-0.2, -0.15) is 0 Å². The van der Waals surface area contributed by atoms with Crippen LogP contribution in [0.2, 0.25) is 4.34 Å². The maximum Gasteiger partial charge on any atom is 0.191 e. The Bertz CT molecular complexity index is 511. The van der Waals surface area contributed by atoms with Crippen LogP contribution in [-0.4, -0.2) is 13.0 Å². The minimum absolute atomic E-state index is 0. The lowest BCUT2D eigenvalue weighted by Crippen LogP contribution is -2.35. The number of guanidine groups is 1. The van der Waals surface area contributed by atoms with E-state index in [0.717, 1.165) is 23.4 Å². The van der Waals surface area contributed by atoms with Crippen LogP contribution >= 0.6 is 58.3 Å². The topological polar surface area (TPSA) is 36.4 Å². The second-order valence-corrected chi connectivity index (χ2v) is 6.40. The molecule has 2 rings (SSSR count). The van der Waals surface area contributed by atoms with Crippen molar-refractivity contribution in [3.63, 3.8) is 0 Å². The van der Waals surface area contributed by atoms with Crippen LogP contribution in [0.15, 0.2) is 34.6 Å². The molecule has 0 amide bonds. The summed E-state index contributed by atoms with van der Waals surface area (Å²) in [6.45, 7) is 1.53. The SMILES string of the molecule is CN=C(NCc1cccs1)NCc1ccc(Cl)s1.I. The Balaban J connectivity index is 0.00000180. The molecule has 0 aliphatic rings. The average Bonchev–Trinajstić information content (AvgIpc) is 3.01. The van der Waals surface area contributed by atoms with Crippen molar-refractivity contribution in [2.24, 2.45) is 4.99 Å². The van der Waals surface area contributed by atoms with E-state index in [-0.39, 0.29) is 24.0 Å². The largest absolute Gasteiger partial charge is 0.352 e. The van der Waals surface area contributed by atoms with E-state index in [0.29, 0.717) is 0 Å². The summed E-state index contributed by atoms with van der Waals surface area (Å²) in [6.07, 6.45) is 0. The van der Waals surface area contributed by atoms with E-state index in [1.807, 2.05) is 18.2 Å². The first kappa shape index (κ1) is 16.7. The number of nitrogens with zero attached hydrogens (tertiary/aromatic N) is 1. The fraction of sp³-hybridized carbons (Fsp3) is 0.250. The lowest BCUT2D eigenvalue weighted by Gasteiger charge is -2.10. The maximum absolute atomic E-state index is 5.88. The highest BCUT2D eigenvalue weighted by Gasteiger charge is 2.01. The van der Waals surface area contributed by atoms with Gasteiger partial charge in [-0.3, -0.25) is 4.99 Å². The molecule has 2 aromatic rings. The molecule has 0 aliphatic carbocycles. The molecule has 0 bridgehead atoms. The molecule has 0 aromatic carbocycles. The molecule has 2 N–H and O–H groups in total. The first-order valence-corrected chi connectivity index (χ1v) is 7.56. The summed E-state index contributed by atoms with van der Waals surface area (Å²) in [5.74, 6) is 0.799. The van der Waals surface area contributed by atoms with E-state index in [1.165, 1.54) is 9.75 Å². The van der Waals surface area contributed by atoms with Crippen LogP contribution in [0, 0.1) is 0 Å². The molecular formula is C12H15ClIN3S2. The fourth-order valence-corrected chi connectivity index (χ4v) is 3.09. The van der Waals surface area contributed by atoms with Gasteiger partial charge in [0, 0.05) is 16.8 Å². The van der Waals surface area contributed by atoms with E-state index in [9.17, 15) is 0 Å². The summed E-state index contributed by atoms with van der Waals surface area (Å²) in [5, 5.41) is 8.60. The molecule has 7 heteroatoms. The summed E-state index contributed by atoms with van der Waals surface area (Å²) in [5.41, 5.74) is 0. The maximum atomic E-state index is 5.88. The highest BCUT2D eigenvalue weighted by atomic mass is 127. The van der Waals surface area contributed by atoms with Crippen molar-refractivity contribution in [2.45, 2.75) is 13.1 Å². The van der Waals surface area contributed by atoms with Crippen molar-refractivity contribution < 1.29 is 0 Å². The summed E-state index contributed by atoms with van der Waals surface area (Å²) in [6, 6.07) is 8.08. The van der Waals surface area contributed by atoms with Crippen LogP contribution < -0.4 is 10.6 Å². The molecule has 0 unspecified atom stereocenters. The van der Waals surface area contributed by atoms with Crippen LogP contribution in [0.5, 0.6) is 0 Å². The Labute approximate surface area is 143 Å². The van der Waals surface area contributed by atoms with Gasteiger partial charge in [-0.15, -0.1) is 46.7 Å². The average molecular weight is 428 g/mol. The first-order chi connectivity index (χ1) is 8.78. The van der Waals surface area contributed by atoms with Crippen LogP contribution in [-0.2, 0) is 13.1 Å². The predicted molar refractivity (Wildman–Crippen MR) is 96.1 cm³/mol. The third-order valence-corrected chi connectivity index (χ3v) is 4.40. The summed E-state index contributed by atoms with van der Waals surface area (Å²) < 4.78 is 0.813. The van der Waals surface area contributed by atoms with Gasteiger partial charge in [0.25, 0.3) is 0 Å². The molecule has 0 saturated heterocycles. The van der Waals surface area contributed by atoms with Crippen molar-refractivity contribution in [3.05, 3.63) is 43.7 Å². The van der Waals surface area contributed by atoms with Gasteiger partial charge in [0.1, 0.15) is 0 Å². The third kappa shape index (κ3) is 5.68.